The van der Waals surface area contributed by atoms with Crippen molar-refractivity contribution in [3.63, 3.8) is 0 Å². The Morgan fingerprint density at radius 1 is 0.774 bits per heavy atom. The van der Waals surface area contributed by atoms with Gasteiger partial charge in [-0.15, -0.1) is 0 Å². The highest BCUT2D eigenvalue weighted by Crippen LogP contribution is 2.22. The van der Waals surface area contributed by atoms with E-state index in [1.54, 1.807) is 60.7 Å². The van der Waals surface area contributed by atoms with Crippen molar-refractivity contribution in [2.45, 2.75) is 13.3 Å². The summed E-state index contributed by atoms with van der Waals surface area (Å²) in [4.78, 5) is 37.3. The maximum absolute atomic E-state index is 12.7. The Kier molecular flexibility index (Phi) is 7.40. The summed E-state index contributed by atoms with van der Waals surface area (Å²) >= 11 is 6.05. The third-order valence-corrected chi connectivity index (χ3v) is 4.69. The molecule has 7 heteroatoms. The second-order valence-electron chi connectivity index (χ2n) is 6.80. The molecule has 0 aromatic heterocycles. The summed E-state index contributed by atoms with van der Waals surface area (Å²) in [5.74, 6) is -0.917. The highest BCUT2D eigenvalue weighted by atomic mass is 35.5. The van der Waals surface area contributed by atoms with Gasteiger partial charge in [0.25, 0.3) is 17.7 Å². The van der Waals surface area contributed by atoms with E-state index in [1.165, 1.54) is 6.07 Å². The fourth-order valence-corrected chi connectivity index (χ4v) is 3.02. The normalized spacial score (nSPS) is 10.3. The number of nitrogens with one attached hydrogen (secondary N) is 3. The number of carbonyl (C=O) groups is 3. The quantitative estimate of drug-likeness (QED) is 0.488. The summed E-state index contributed by atoms with van der Waals surface area (Å²) in [5, 5.41) is 8.71. The van der Waals surface area contributed by atoms with Crippen LogP contribution in [0.1, 0.15) is 44.4 Å². The predicted molar refractivity (Wildman–Crippen MR) is 123 cm³/mol. The first-order valence-corrected chi connectivity index (χ1v) is 10.2. The number of halogens is 1. The molecule has 0 spiro atoms. The fraction of sp³-hybridized carbons (Fsp3) is 0.125. The van der Waals surface area contributed by atoms with Crippen LogP contribution >= 0.6 is 11.6 Å². The van der Waals surface area contributed by atoms with Gasteiger partial charge in [-0.3, -0.25) is 14.4 Å². The van der Waals surface area contributed by atoms with Gasteiger partial charge in [0.2, 0.25) is 0 Å². The van der Waals surface area contributed by atoms with Crippen LogP contribution in [0.5, 0.6) is 0 Å². The summed E-state index contributed by atoms with van der Waals surface area (Å²) in [5.41, 5.74) is 2.13. The van der Waals surface area contributed by atoms with Gasteiger partial charge in [-0.1, -0.05) is 36.7 Å². The number of hydrogen-bond acceptors (Lipinski definition) is 3. The molecule has 0 fully saturated rings. The molecular weight excluding hydrogens is 414 g/mol. The molecule has 3 aromatic rings. The molecule has 6 nitrogen and oxygen atoms in total. The molecule has 0 aliphatic carbocycles. The van der Waals surface area contributed by atoms with E-state index in [0.29, 0.717) is 39.6 Å². The van der Waals surface area contributed by atoms with E-state index in [1.807, 2.05) is 13.0 Å². The second-order valence-corrected chi connectivity index (χ2v) is 7.23. The molecule has 3 N–H and O–H groups in total. The molecule has 0 atom stereocenters. The van der Waals surface area contributed by atoms with Crippen LogP contribution in [0.2, 0.25) is 5.02 Å². The molecule has 0 heterocycles. The van der Waals surface area contributed by atoms with Crippen molar-refractivity contribution in [3.8, 4) is 0 Å². The van der Waals surface area contributed by atoms with E-state index in [2.05, 4.69) is 16.0 Å². The number of carbonyl (C=O) groups excluding carboxylic acids is 3. The van der Waals surface area contributed by atoms with Gasteiger partial charge in [-0.05, 0) is 61.0 Å². The van der Waals surface area contributed by atoms with Crippen molar-refractivity contribution in [2.75, 3.05) is 17.2 Å². The first kappa shape index (κ1) is 22.1. The first-order valence-electron chi connectivity index (χ1n) is 9.83. The number of benzene rings is 3. The van der Waals surface area contributed by atoms with E-state index in [4.69, 9.17) is 11.6 Å². The lowest BCUT2D eigenvalue weighted by Crippen LogP contribution is -2.25. The monoisotopic (exact) mass is 435 g/mol. The van der Waals surface area contributed by atoms with E-state index in [-0.39, 0.29) is 11.8 Å². The van der Waals surface area contributed by atoms with E-state index >= 15 is 0 Å². The van der Waals surface area contributed by atoms with Crippen LogP contribution in [-0.4, -0.2) is 24.3 Å². The van der Waals surface area contributed by atoms with E-state index < -0.39 is 5.91 Å². The molecule has 158 valence electrons. The fourth-order valence-electron chi connectivity index (χ4n) is 2.84. The Morgan fingerprint density at radius 2 is 1.42 bits per heavy atom. The smallest absolute Gasteiger partial charge is 0.255 e. The third kappa shape index (κ3) is 5.93. The minimum Gasteiger partial charge on any atom is -0.352 e. The lowest BCUT2D eigenvalue weighted by Gasteiger charge is -2.12. The molecule has 0 unspecified atom stereocenters. The van der Waals surface area contributed by atoms with Crippen molar-refractivity contribution in [2.24, 2.45) is 0 Å². The summed E-state index contributed by atoms with van der Waals surface area (Å²) < 4.78 is 0. The predicted octanol–water partition coefficient (Wildman–Crippen LogP) is 4.98. The number of hydrogen-bond donors (Lipinski definition) is 3. The van der Waals surface area contributed by atoms with Crippen LogP contribution in [0.3, 0.4) is 0 Å². The molecule has 0 radical (unpaired) electrons. The standard InChI is InChI=1S/C24H22ClN3O3/c1-2-14-26-24(31)20-13-10-18(25)15-21(20)28-23(30)17-8-11-19(12-9-17)27-22(29)16-6-4-3-5-7-16/h3-13,15H,2,14H2,1H3,(H,26,31)(H,27,29)(H,28,30). The average molecular weight is 436 g/mol. The Labute approximate surface area is 185 Å². The van der Waals surface area contributed by atoms with Crippen molar-refractivity contribution in [1.82, 2.24) is 5.32 Å². The zero-order valence-corrected chi connectivity index (χ0v) is 17.7. The van der Waals surface area contributed by atoms with Gasteiger partial charge in [0.15, 0.2) is 0 Å². The van der Waals surface area contributed by atoms with Crippen LogP contribution in [0, 0.1) is 0 Å². The topological polar surface area (TPSA) is 87.3 Å². The van der Waals surface area contributed by atoms with Gasteiger partial charge in [-0.25, -0.2) is 0 Å². The number of amides is 3. The van der Waals surface area contributed by atoms with Crippen molar-refractivity contribution < 1.29 is 14.4 Å². The Hall–Kier alpha value is -3.64. The van der Waals surface area contributed by atoms with Crippen LogP contribution in [-0.2, 0) is 0 Å². The number of rotatable bonds is 7. The maximum atomic E-state index is 12.7. The van der Waals surface area contributed by atoms with Gasteiger partial charge in [-0.2, -0.15) is 0 Å². The molecular formula is C24H22ClN3O3. The Balaban J connectivity index is 1.70. The van der Waals surface area contributed by atoms with E-state index in [0.717, 1.165) is 6.42 Å². The van der Waals surface area contributed by atoms with Gasteiger partial charge in [0, 0.05) is 28.4 Å². The molecule has 0 aliphatic heterocycles. The summed E-state index contributed by atoms with van der Waals surface area (Å²) in [6.07, 6.45) is 0.800. The molecule has 0 bridgehead atoms. The molecule has 3 aromatic carbocycles. The van der Waals surface area contributed by atoms with Crippen LogP contribution < -0.4 is 16.0 Å². The molecule has 0 saturated heterocycles. The van der Waals surface area contributed by atoms with Crippen LogP contribution in [0.15, 0.2) is 72.8 Å². The highest BCUT2D eigenvalue weighted by molar-refractivity contribution is 6.31. The Bertz CT molecular complexity index is 1080. The zero-order chi connectivity index (χ0) is 22.2. The van der Waals surface area contributed by atoms with Crippen molar-refractivity contribution >= 4 is 40.7 Å². The van der Waals surface area contributed by atoms with E-state index in [9.17, 15) is 14.4 Å². The van der Waals surface area contributed by atoms with Gasteiger partial charge in [0.1, 0.15) is 0 Å². The van der Waals surface area contributed by atoms with Crippen molar-refractivity contribution in [1.29, 1.82) is 0 Å². The molecule has 0 saturated carbocycles. The summed E-state index contributed by atoms with van der Waals surface area (Å²) in [6.45, 7) is 2.49. The lowest BCUT2D eigenvalue weighted by molar-refractivity contribution is 0.0953. The van der Waals surface area contributed by atoms with Gasteiger partial charge >= 0.3 is 0 Å². The van der Waals surface area contributed by atoms with Crippen LogP contribution in [0.25, 0.3) is 0 Å². The summed E-state index contributed by atoms with van der Waals surface area (Å²) in [6, 6.07) is 20.0. The zero-order valence-electron chi connectivity index (χ0n) is 16.9. The minimum atomic E-state index is -0.396. The SMILES string of the molecule is CCCNC(=O)c1ccc(Cl)cc1NC(=O)c1ccc(NC(=O)c2ccccc2)cc1. The average Bonchev–Trinajstić information content (AvgIpc) is 2.78. The highest BCUT2D eigenvalue weighted by Gasteiger charge is 2.15. The minimum absolute atomic E-state index is 0.237. The third-order valence-electron chi connectivity index (χ3n) is 4.45. The Morgan fingerprint density at radius 3 is 2.10 bits per heavy atom. The molecule has 31 heavy (non-hydrogen) atoms. The molecule has 0 aliphatic rings. The van der Waals surface area contributed by atoms with Gasteiger partial charge < -0.3 is 16.0 Å². The van der Waals surface area contributed by atoms with Crippen LogP contribution in [0.4, 0.5) is 11.4 Å². The lowest BCUT2D eigenvalue weighted by atomic mass is 10.1. The first-order chi connectivity index (χ1) is 15.0. The summed E-state index contributed by atoms with van der Waals surface area (Å²) in [7, 11) is 0. The van der Waals surface area contributed by atoms with Gasteiger partial charge in [0.05, 0.1) is 11.3 Å². The molecule has 3 amide bonds. The molecule has 3 rings (SSSR count). The maximum Gasteiger partial charge on any atom is 0.255 e. The second kappa shape index (κ2) is 10.4. The largest absolute Gasteiger partial charge is 0.352 e. The van der Waals surface area contributed by atoms with Crippen molar-refractivity contribution in [3.05, 3.63) is 94.5 Å². The number of anilines is 2.